The molecule has 1 heterocycles. The second-order valence-corrected chi connectivity index (χ2v) is 7.06. The van der Waals surface area contributed by atoms with Gasteiger partial charge in [-0.2, -0.15) is 5.26 Å². The number of amides is 1. The summed E-state index contributed by atoms with van der Waals surface area (Å²) in [6.07, 6.45) is 4.72. The van der Waals surface area contributed by atoms with Crippen molar-refractivity contribution in [2.24, 2.45) is 5.92 Å². The van der Waals surface area contributed by atoms with Gasteiger partial charge >= 0.3 is 0 Å². The Balaban J connectivity index is 1.95. The van der Waals surface area contributed by atoms with Crippen LogP contribution < -0.4 is 5.32 Å². The molecule has 1 aromatic heterocycles. The van der Waals surface area contributed by atoms with E-state index in [1.54, 1.807) is 0 Å². The second kappa shape index (κ2) is 7.64. The van der Waals surface area contributed by atoms with Gasteiger partial charge in [0.25, 0.3) is 0 Å². The van der Waals surface area contributed by atoms with Crippen LogP contribution in [0.1, 0.15) is 49.4 Å². The largest absolute Gasteiger partial charge is 0.352 e. The van der Waals surface area contributed by atoms with Gasteiger partial charge in [0.2, 0.25) is 5.91 Å². The van der Waals surface area contributed by atoms with Crippen molar-refractivity contribution in [1.82, 2.24) is 10.3 Å². The van der Waals surface area contributed by atoms with Crippen molar-refractivity contribution >= 4 is 17.7 Å². The number of pyridine rings is 1. The van der Waals surface area contributed by atoms with Gasteiger partial charge in [0.15, 0.2) is 0 Å². The van der Waals surface area contributed by atoms with E-state index in [2.05, 4.69) is 23.3 Å². The first kappa shape index (κ1) is 16.8. The molecule has 4 nitrogen and oxygen atoms in total. The second-order valence-electron chi connectivity index (χ2n) is 6.10. The van der Waals surface area contributed by atoms with Crippen molar-refractivity contribution in [3.63, 3.8) is 0 Å². The molecule has 0 unspecified atom stereocenters. The highest BCUT2D eigenvalue weighted by molar-refractivity contribution is 8.00. The van der Waals surface area contributed by atoms with E-state index < -0.39 is 0 Å². The minimum absolute atomic E-state index is 0.0357. The number of hydrogen-bond donors (Lipinski definition) is 1. The average molecular weight is 317 g/mol. The first-order valence-corrected chi connectivity index (χ1v) is 8.80. The molecular formula is C17H23N3OS. The van der Waals surface area contributed by atoms with Crippen LogP contribution in [0.15, 0.2) is 11.1 Å². The summed E-state index contributed by atoms with van der Waals surface area (Å²) in [7, 11) is 0. The molecule has 1 aliphatic carbocycles. The van der Waals surface area contributed by atoms with Crippen molar-refractivity contribution in [3.8, 4) is 6.07 Å². The van der Waals surface area contributed by atoms with Gasteiger partial charge in [-0.25, -0.2) is 4.98 Å². The van der Waals surface area contributed by atoms with Crippen LogP contribution in [0.25, 0.3) is 0 Å². The van der Waals surface area contributed by atoms with Crippen molar-refractivity contribution in [2.45, 2.75) is 57.5 Å². The average Bonchev–Trinajstić information content (AvgIpc) is 2.47. The minimum Gasteiger partial charge on any atom is -0.352 e. The van der Waals surface area contributed by atoms with Crippen molar-refractivity contribution in [3.05, 3.63) is 22.9 Å². The predicted molar refractivity (Wildman–Crippen MR) is 88.7 cm³/mol. The lowest BCUT2D eigenvalue weighted by molar-refractivity contribution is -0.119. The molecule has 22 heavy (non-hydrogen) atoms. The molecule has 1 saturated carbocycles. The van der Waals surface area contributed by atoms with Crippen LogP contribution >= 0.6 is 11.8 Å². The van der Waals surface area contributed by atoms with E-state index in [0.29, 0.717) is 28.3 Å². The summed E-state index contributed by atoms with van der Waals surface area (Å²) in [6, 6.07) is 4.38. The van der Waals surface area contributed by atoms with Crippen LogP contribution in [0.2, 0.25) is 0 Å². The first-order chi connectivity index (χ1) is 10.5. The Kier molecular flexibility index (Phi) is 5.84. The highest BCUT2D eigenvalue weighted by Crippen LogP contribution is 2.25. The van der Waals surface area contributed by atoms with Crippen LogP contribution in [0, 0.1) is 31.1 Å². The lowest BCUT2D eigenvalue weighted by Gasteiger charge is -2.29. The molecule has 0 spiro atoms. The lowest BCUT2D eigenvalue weighted by atomic mass is 9.86. The van der Waals surface area contributed by atoms with Crippen molar-refractivity contribution in [1.29, 1.82) is 5.26 Å². The molecule has 0 bridgehead atoms. The van der Waals surface area contributed by atoms with E-state index in [9.17, 15) is 10.1 Å². The number of nitrogens with zero attached hydrogens (tertiary/aromatic N) is 2. The summed E-state index contributed by atoms with van der Waals surface area (Å²) in [4.78, 5) is 16.6. The Bertz CT molecular complexity index is 594. The predicted octanol–water partition coefficient (Wildman–Crippen LogP) is 3.36. The van der Waals surface area contributed by atoms with Crippen LogP contribution in [-0.4, -0.2) is 22.7 Å². The Morgan fingerprint density at radius 2 is 2.18 bits per heavy atom. The fraction of sp³-hybridized carbons (Fsp3) is 0.588. The maximum Gasteiger partial charge on any atom is 0.230 e. The smallest absolute Gasteiger partial charge is 0.230 e. The number of carbonyl (C=O) groups excluding carboxylic acids is 1. The molecule has 0 saturated heterocycles. The molecular weight excluding hydrogens is 294 g/mol. The van der Waals surface area contributed by atoms with E-state index >= 15 is 0 Å². The zero-order chi connectivity index (χ0) is 16.1. The normalized spacial score (nSPS) is 21.2. The van der Waals surface area contributed by atoms with Gasteiger partial charge in [0.1, 0.15) is 11.1 Å². The highest BCUT2D eigenvalue weighted by Gasteiger charge is 2.23. The zero-order valence-electron chi connectivity index (χ0n) is 13.5. The van der Waals surface area contributed by atoms with Gasteiger partial charge in [-0.05, 0) is 44.2 Å². The Morgan fingerprint density at radius 1 is 1.45 bits per heavy atom. The number of carbonyl (C=O) groups is 1. The van der Waals surface area contributed by atoms with Crippen LogP contribution in [0.5, 0.6) is 0 Å². The number of hydrogen-bond acceptors (Lipinski definition) is 4. The van der Waals surface area contributed by atoms with Gasteiger partial charge < -0.3 is 5.32 Å². The van der Waals surface area contributed by atoms with E-state index in [1.807, 2.05) is 19.9 Å². The molecule has 0 radical (unpaired) electrons. The number of rotatable bonds is 4. The number of nitrogens with one attached hydrogen (secondary N) is 1. The molecule has 1 aliphatic rings. The monoisotopic (exact) mass is 317 g/mol. The van der Waals surface area contributed by atoms with Crippen LogP contribution in [0.4, 0.5) is 0 Å². The van der Waals surface area contributed by atoms with Gasteiger partial charge in [0.05, 0.1) is 11.3 Å². The summed E-state index contributed by atoms with van der Waals surface area (Å²) < 4.78 is 0. The first-order valence-electron chi connectivity index (χ1n) is 7.81. The minimum atomic E-state index is 0.0357. The third-order valence-electron chi connectivity index (χ3n) is 4.22. The third-order valence-corrected chi connectivity index (χ3v) is 5.20. The van der Waals surface area contributed by atoms with Gasteiger partial charge in [-0.3, -0.25) is 4.79 Å². The molecule has 0 aliphatic heterocycles. The van der Waals surface area contributed by atoms with Crippen LogP contribution in [-0.2, 0) is 4.79 Å². The van der Waals surface area contributed by atoms with Crippen molar-refractivity contribution < 1.29 is 4.79 Å². The third kappa shape index (κ3) is 4.23. The van der Waals surface area contributed by atoms with E-state index in [1.165, 1.54) is 31.0 Å². The van der Waals surface area contributed by atoms with Gasteiger partial charge in [-0.15, -0.1) is 0 Å². The maximum atomic E-state index is 12.2. The van der Waals surface area contributed by atoms with Gasteiger partial charge in [0, 0.05) is 11.7 Å². The molecule has 118 valence electrons. The topological polar surface area (TPSA) is 65.8 Å². The van der Waals surface area contributed by atoms with E-state index in [4.69, 9.17) is 0 Å². The maximum absolute atomic E-state index is 12.2. The van der Waals surface area contributed by atoms with Crippen LogP contribution in [0.3, 0.4) is 0 Å². The Labute approximate surface area is 136 Å². The van der Waals surface area contributed by atoms with Crippen molar-refractivity contribution in [2.75, 3.05) is 5.75 Å². The molecule has 2 atom stereocenters. The highest BCUT2D eigenvalue weighted by atomic mass is 32.2. The lowest BCUT2D eigenvalue weighted by Crippen LogP contribution is -2.41. The Morgan fingerprint density at radius 3 is 2.86 bits per heavy atom. The van der Waals surface area contributed by atoms with E-state index in [0.717, 1.165) is 17.7 Å². The zero-order valence-corrected chi connectivity index (χ0v) is 14.3. The number of aryl methyl sites for hydroxylation is 2. The molecule has 0 aromatic carbocycles. The summed E-state index contributed by atoms with van der Waals surface area (Å²) in [5, 5.41) is 13.0. The van der Waals surface area contributed by atoms with Gasteiger partial charge in [-0.1, -0.05) is 31.5 Å². The fourth-order valence-corrected chi connectivity index (χ4v) is 3.87. The van der Waals surface area contributed by atoms with E-state index in [-0.39, 0.29) is 5.91 Å². The summed E-state index contributed by atoms with van der Waals surface area (Å²) >= 11 is 1.35. The summed E-state index contributed by atoms with van der Waals surface area (Å²) in [6.45, 7) is 6.01. The molecule has 1 aromatic rings. The summed E-state index contributed by atoms with van der Waals surface area (Å²) in [5.74, 6) is 0.902. The number of aromatic nitrogens is 1. The molecule has 1 N–H and O–H groups in total. The fourth-order valence-electron chi connectivity index (χ4n) is 2.96. The quantitative estimate of drug-likeness (QED) is 0.865. The molecule has 1 fully saturated rings. The Hall–Kier alpha value is -1.54. The molecule has 1 amide bonds. The molecule has 5 heteroatoms. The molecule has 2 rings (SSSR count). The summed E-state index contributed by atoms with van der Waals surface area (Å²) in [5.41, 5.74) is 2.37. The number of thioether (sulfide) groups is 1. The standard InChI is InChI=1S/C17H23N3OS/c1-11-6-4-5-7-15(11)20-16(21)10-22-17-14(9-18)12(2)8-13(3)19-17/h8,11,15H,4-7,10H2,1-3H3,(H,20,21)/t11-,15+/m0/s1. The SMILES string of the molecule is Cc1cc(C)c(C#N)c(SCC(=O)N[C@@H]2CCCC[C@@H]2C)n1. The number of nitriles is 1.